The van der Waals surface area contributed by atoms with E-state index in [1.54, 1.807) is 13.2 Å². The summed E-state index contributed by atoms with van der Waals surface area (Å²) in [7, 11) is 1.61. The highest BCUT2D eigenvalue weighted by Gasteiger charge is 2.41. The van der Waals surface area contributed by atoms with Crippen LogP contribution in [-0.4, -0.2) is 25.4 Å². The average molecular weight is 282 g/mol. The Bertz CT molecular complexity index is 469. The number of carbonyl (C=O) groups is 1. The van der Waals surface area contributed by atoms with E-state index >= 15 is 0 Å². The quantitative estimate of drug-likeness (QED) is 0.814. The molecule has 0 atom stereocenters. The monoisotopic (exact) mass is 281 g/mol. The molecule has 1 N–H and O–H groups in total. The Morgan fingerprint density at radius 3 is 2.79 bits per heavy atom. The lowest BCUT2D eigenvalue weighted by atomic mass is 10.0. The van der Waals surface area contributed by atoms with Crippen LogP contribution in [0.5, 0.6) is 5.75 Å². The van der Waals surface area contributed by atoms with Crippen LogP contribution in [0.25, 0.3) is 0 Å². The number of methoxy groups -OCH3 is 1. The zero-order chi connectivity index (χ0) is 13.9. The number of aryl methyl sites for hydroxylation is 1. The van der Waals surface area contributed by atoms with Crippen molar-refractivity contribution in [3.63, 3.8) is 0 Å². The highest BCUT2D eigenvalue weighted by Crippen LogP contribution is 2.48. The zero-order valence-corrected chi connectivity index (χ0v) is 12.2. The number of alkyl halides is 1. The molecule has 1 amide bonds. The molecule has 4 heteroatoms. The van der Waals surface area contributed by atoms with Crippen molar-refractivity contribution >= 4 is 17.5 Å². The lowest BCUT2D eigenvalue weighted by Gasteiger charge is -2.15. The summed E-state index contributed by atoms with van der Waals surface area (Å²) >= 11 is 5.79. The van der Waals surface area contributed by atoms with Gasteiger partial charge in [0.25, 0.3) is 5.91 Å². The molecule has 1 saturated carbocycles. The summed E-state index contributed by atoms with van der Waals surface area (Å²) in [5.41, 5.74) is 1.93. The summed E-state index contributed by atoms with van der Waals surface area (Å²) in [6.45, 7) is 2.68. The van der Waals surface area contributed by atoms with Crippen molar-refractivity contribution in [1.29, 1.82) is 0 Å². The molecule has 3 nitrogen and oxygen atoms in total. The van der Waals surface area contributed by atoms with Gasteiger partial charge in [0.1, 0.15) is 5.75 Å². The van der Waals surface area contributed by atoms with Gasteiger partial charge < -0.3 is 10.1 Å². The van der Waals surface area contributed by atoms with Crippen LogP contribution in [0.15, 0.2) is 18.2 Å². The minimum absolute atomic E-state index is 0.0425. The fraction of sp³-hybridized carbons (Fsp3) is 0.533. The molecule has 0 unspecified atom stereocenters. The van der Waals surface area contributed by atoms with E-state index in [0.29, 0.717) is 11.4 Å². The maximum absolute atomic E-state index is 12.1. The third-order valence-corrected chi connectivity index (χ3v) is 4.07. The Labute approximate surface area is 119 Å². The van der Waals surface area contributed by atoms with E-state index in [9.17, 15) is 4.79 Å². The van der Waals surface area contributed by atoms with Crippen molar-refractivity contribution in [2.75, 3.05) is 19.5 Å². The molecular weight excluding hydrogens is 262 g/mol. The molecule has 2 rings (SSSR count). The fourth-order valence-corrected chi connectivity index (χ4v) is 2.62. The number of hydrogen-bond acceptors (Lipinski definition) is 2. The average Bonchev–Trinajstić information content (AvgIpc) is 3.17. The molecule has 0 saturated heterocycles. The normalized spacial score (nSPS) is 15.9. The van der Waals surface area contributed by atoms with Crippen LogP contribution in [0, 0.1) is 12.3 Å². The Kier molecular flexibility index (Phi) is 4.35. The molecular formula is C15H20ClNO2. The second-order valence-corrected chi connectivity index (χ2v) is 5.68. The zero-order valence-electron chi connectivity index (χ0n) is 11.5. The molecule has 1 aliphatic rings. The lowest BCUT2D eigenvalue weighted by molar-refractivity contribution is 0.0944. The van der Waals surface area contributed by atoms with E-state index in [0.717, 1.165) is 37.1 Å². The minimum Gasteiger partial charge on any atom is -0.496 e. The van der Waals surface area contributed by atoms with Gasteiger partial charge in [-0.15, -0.1) is 11.6 Å². The second kappa shape index (κ2) is 5.83. The predicted molar refractivity (Wildman–Crippen MR) is 77.1 cm³/mol. The molecule has 0 heterocycles. The summed E-state index contributed by atoms with van der Waals surface area (Å²) in [4.78, 5) is 12.1. The van der Waals surface area contributed by atoms with Gasteiger partial charge in [-0.1, -0.05) is 6.07 Å². The van der Waals surface area contributed by atoms with Gasteiger partial charge >= 0.3 is 0 Å². The number of carbonyl (C=O) groups excluding carboxylic acids is 1. The maximum atomic E-state index is 12.1. The van der Waals surface area contributed by atoms with Crippen molar-refractivity contribution in [2.45, 2.75) is 26.2 Å². The smallest absolute Gasteiger partial charge is 0.251 e. The molecule has 19 heavy (non-hydrogen) atoms. The van der Waals surface area contributed by atoms with Crippen molar-refractivity contribution < 1.29 is 9.53 Å². The Hall–Kier alpha value is -1.22. The first-order valence-electron chi connectivity index (χ1n) is 6.59. The molecule has 1 aliphatic carbocycles. The van der Waals surface area contributed by atoms with Gasteiger partial charge in [-0.3, -0.25) is 4.79 Å². The highest BCUT2D eigenvalue weighted by atomic mass is 35.5. The number of rotatable bonds is 6. The van der Waals surface area contributed by atoms with Gasteiger partial charge in [-0.2, -0.15) is 0 Å². The third kappa shape index (κ3) is 3.41. The SMILES string of the molecule is COc1cc(C(=O)NCC2(CCCl)CC2)ccc1C. The van der Waals surface area contributed by atoms with E-state index in [4.69, 9.17) is 16.3 Å². The van der Waals surface area contributed by atoms with Crippen LogP contribution in [-0.2, 0) is 0 Å². The summed E-state index contributed by atoms with van der Waals surface area (Å²) in [6, 6.07) is 5.51. The van der Waals surface area contributed by atoms with Crippen LogP contribution in [0.1, 0.15) is 35.2 Å². The van der Waals surface area contributed by atoms with Crippen molar-refractivity contribution in [3.05, 3.63) is 29.3 Å². The van der Waals surface area contributed by atoms with Crippen molar-refractivity contribution in [3.8, 4) is 5.75 Å². The van der Waals surface area contributed by atoms with Crippen LogP contribution in [0.3, 0.4) is 0 Å². The highest BCUT2D eigenvalue weighted by molar-refractivity contribution is 6.17. The number of halogens is 1. The van der Waals surface area contributed by atoms with Gasteiger partial charge in [0.2, 0.25) is 0 Å². The number of hydrogen-bond donors (Lipinski definition) is 1. The van der Waals surface area contributed by atoms with E-state index in [1.807, 2.05) is 19.1 Å². The summed E-state index contributed by atoms with van der Waals surface area (Å²) in [5.74, 6) is 1.36. The number of benzene rings is 1. The molecule has 1 aromatic carbocycles. The molecule has 0 spiro atoms. The Balaban J connectivity index is 1.96. The molecule has 0 aromatic heterocycles. The van der Waals surface area contributed by atoms with E-state index in [1.165, 1.54) is 0 Å². The minimum atomic E-state index is -0.0425. The van der Waals surface area contributed by atoms with Gasteiger partial charge in [0.05, 0.1) is 7.11 Å². The standard InChI is InChI=1S/C15H20ClNO2/c1-11-3-4-12(9-13(11)19-2)14(18)17-10-15(5-6-15)7-8-16/h3-4,9H,5-8,10H2,1-2H3,(H,17,18). The van der Waals surface area contributed by atoms with Crippen LogP contribution in [0.2, 0.25) is 0 Å². The molecule has 0 bridgehead atoms. The Morgan fingerprint density at radius 2 is 2.21 bits per heavy atom. The lowest BCUT2D eigenvalue weighted by Crippen LogP contribution is -2.30. The molecule has 1 aromatic rings. The van der Waals surface area contributed by atoms with Crippen LogP contribution < -0.4 is 10.1 Å². The third-order valence-electron chi connectivity index (χ3n) is 3.88. The van der Waals surface area contributed by atoms with Crippen LogP contribution in [0.4, 0.5) is 0 Å². The van der Waals surface area contributed by atoms with E-state index in [-0.39, 0.29) is 11.3 Å². The first kappa shape index (κ1) is 14.2. The Morgan fingerprint density at radius 1 is 1.47 bits per heavy atom. The summed E-state index contributed by atoms with van der Waals surface area (Å²) in [5, 5.41) is 3.00. The molecule has 0 aliphatic heterocycles. The van der Waals surface area contributed by atoms with Gasteiger partial charge in [0, 0.05) is 18.0 Å². The maximum Gasteiger partial charge on any atom is 0.251 e. The fourth-order valence-electron chi connectivity index (χ4n) is 2.22. The summed E-state index contributed by atoms with van der Waals surface area (Å²) < 4.78 is 5.23. The molecule has 0 radical (unpaired) electrons. The van der Waals surface area contributed by atoms with E-state index < -0.39 is 0 Å². The number of ether oxygens (including phenoxy) is 1. The van der Waals surface area contributed by atoms with Crippen LogP contribution >= 0.6 is 11.6 Å². The van der Waals surface area contributed by atoms with Crippen molar-refractivity contribution in [2.24, 2.45) is 5.41 Å². The van der Waals surface area contributed by atoms with Gasteiger partial charge in [-0.05, 0) is 49.3 Å². The first-order valence-corrected chi connectivity index (χ1v) is 7.12. The van der Waals surface area contributed by atoms with Crippen molar-refractivity contribution in [1.82, 2.24) is 5.32 Å². The van der Waals surface area contributed by atoms with Gasteiger partial charge in [0.15, 0.2) is 0 Å². The molecule has 104 valence electrons. The topological polar surface area (TPSA) is 38.3 Å². The van der Waals surface area contributed by atoms with E-state index in [2.05, 4.69) is 5.32 Å². The second-order valence-electron chi connectivity index (χ2n) is 5.31. The predicted octanol–water partition coefficient (Wildman–Crippen LogP) is 3.14. The molecule has 1 fully saturated rings. The largest absolute Gasteiger partial charge is 0.496 e. The number of amides is 1. The number of nitrogens with one attached hydrogen (secondary N) is 1. The van der Waals surface area contributed by atoms with Gasteiger partial charge in [-0.25, -0.2) is 0 Å². The first-order chi connectivity index (χ1) is 9.10. The summed E-state index contributed by atoms with van der Waals surface area (Å²) in [6.07, 6.45) is 3.31.